The van der Waals surface area contributed by atoms with Gasteiger partial charge in [-0.15, -0.1) is 0 Å². The lowest BCUT2D eigenvalue weighted by Crippen LogP contribution is -2.05. The largest absolute Gasteiger partial charge is 0.247 e. The molecule has 0 aliphatic rings. The van der Waals surface area contributed by atoms with Crippen LogP contribution in [0.5, 0.6) is 0 Å². The van der Waals surface area contributed by atoms with E-state index >= 15 is 0 Å². The molecule has 0 saturated carbocycles. The molecule has 0 aromatic carbocycles. The molecule has 0 N–H and O–H groups in total. The van der Waals surface area contributed by atoms with Gasteiger partial charge in [-0.3, -0.25) is 0 Å². The molecule has 0 atom stereocenters. The quantitative estimate of drug-likeness (QED) is 0.579. The van der Waals surface area contributed by atoms with Crippen LogP contribution in [-0.4, -0.2) is 24.0 Å². The highest BCUT2D eigenvalue weighted by atomic mass is 32.3. The maximum Gasteiger partial charge on any atom is -0.0233 e. The molecule has 0 unspecified atom stereocenters. The van der Waals surface area contributed by atoms with Gasteiger partial charge in [-0.25, -0.2) is 10.0 Å². The zero-order valence-corrected chi connectivity index (χ0v) is 9.47. The van der Waals surface area contributed by atoms with Gasteiger partial charge in [0.15, 0.2) is 0 Å². The summed E-state index contributed by atoms with van der Waals surface area (Å²) < 4.78 is 0. The van der Waals surface area contributed by atoms with Crippen molar-refractivity contribution in [3.8, 4) is 0 Å². The highest BCUT2D eigenvalue weighted by Gasteiger charge is 2.09. The van der Waals surface area contributed by atoms with Crippen LogP contribution in [0.15, 0.2) is 0 Å². The van der Waals surface area contributed by atoms with Crippen LogP contribution in [0.1, 0.15) is 39.5 Å². The molecule has 0 nitrogen and oxygen atoms in total. The maximum absolute atomic E-state index is 2.48. The minimum Gasteiger partial charge on any atom is -0.247 e. The molecule has 70 valence electrons. The predicted molar refractivity (Wildman–Crippen MR) is 59.0 cm³/mol. The fraction of sp³-hybridized carbons (Fsp3) is 1.00. The Morgan fingerprint density at radius 1 is 0.818 bits per heavy atom. The van der Waals surface area contributed by atoms with Crippen molar-refractivity contribution < 1.29 is 0 Å². The van der Waals surface area contributed by atoms with Crippen molar-refractivity contribution in [1.29, 1.82) is 0 Å². The van der Waals surface area contributed by atoms with Gasteiger partial charge in [0.25, 0.3) is 0 Å². The van der Waals surface area contributed by atoms with Gasteiger partial charge >= 0.3 is 0 Å². The van der Waals surface area contributed by atoms with E-state index in [-0.39, 0.29) is 10.0 Å². The van der Waals surface area contributed by atoms with Gasteiger partial charge in [0.1, 0.15) is 0 Å². The summed E-state index contributed by atoms with van der Waals surface area (Å²) >= 11 is 0. The fourth-order valence-corrected chi connectivity index (χ4v) is 3.52. The normalized spacial score (nSPS) is 13.5. The van der Waals surface area contributed by atoms with E-state index in [1.54, 1.807) is 0 Å². The van der Waals surface area contributed by atoms with Crippen LogP contribution in [0.3, 0.4) is 0 Å². The molecule has 0 aromatic rings. The number of hydrogen-bond donors (Lipinski definition) is 0. The Morgan fingerprint density at radius 2 is 1.18 bits per heavy atom. The first-order valence-electron chi connectivity index (χ1n) is 4.81. The highest BCUT2D eigenvalue weighted by molar-refractivity contribution is 8.32. The Hall–Kier alpha value is 0.350. The first kappa shape index (κ1) is 11.4. The van der Waals surface area contributed by atoms with E-state index in [0.717, 1.165) is 0 Å². The van der Waals surface area contributed by atoms with E-state index in [4.69, 9.17) is 0 Å². The Balaban J connectivity index is 3.43. The van der Waals surface area contributed by atoms with Gasteiger partial charge in [-0.2, -0.15) is 0 Å². The molecule has 0 aromatic heterocycles. The molecule has 0 fully saturated rings. The summed E-state index contributed by atoms with van der Waals surface area (Å²) in [5, 5.41) is 0. The van der Waals surface area contributed by atoms with Gasteiger partial charge in [0.05, 0.1) is 0 Å². The first-order valence-corrected chi connectivity index (χ1v) is 7.60. The summed E-state index contributed by atoms with van der Waals surface area (Å²) in [7, 11) is -0.206. The summed E-state index contributed by atoms with van der Waals surface area (Å²) in [6.07, 6.45) is 10.6. The Morgan fingerprint density at radius 3 is 1.45 bits per heavy atom. The van der Waals surface area contributed by atoms with Crippen molar-refractivity contribution in [2.24, 2.45) is 0 Å². The van der Waals surface area contributed by atoms with Gasteiger partial charge in [0, 0.05) is 0 Å². The summed E-state index contributed by atoms with van der Waals surface area (Å²) in [5.41, 5.74) is 0. The van der Waals surface area contributed by atoms with Crippen LogP contribution >= 0.6 is 10.0 Å². The summed E-state index contributed by atoms with van der Waals surface area (Å²) in [5.74, 6) is 2.98. The molecular weight excluding hydrogens is 152 g/mol. The van der Waals surface area contributed by atoms with E-state index in [9.17, 15) is 0 Å². The third-order valence-corrected chi connectivity index (χ3v) is 4.89. The molecule has 0 spiro atoms. The molecule has 0 saturated heterocycles. The summed E-state index contributed by atoms with van der Waals surface area (Å²) in [6.45, 7) is 4.57. The van der Waals surface area contributed by atoms with Crippen molar-refractivity contribution in [1.82, 2.24) is 0 Å². The Labute approximate surface area is 74.1 Å². The minimum absolute atomic E-state index is 0.206. The topological polar surface area (TPSA) is 0 Å². The highest BCUT2D eigenvalue weighted by Crippen LogP contribution is 2.41. The summed E-state index contributed by atoms with van der Waals surface area (Å²) in [4.78, 5) is 0. The smallest absolute Gasteiger partial charge is 0.0233 e. The van der Waals surface area contributed by atoms with Crippen molar-refractivity contribution in [3.63, 3.8) is 0 Å². The van der Waals surface area contributed by atoms with Crippen molar-refractivity contribution in [3.05, 3.63) is 0 Å². The second-order valence-electron chi connectivity index (χ2n) is 3.88. The number of hydrogen-bond acceptors (Lipinski definition) is 0. The molecule has 0 amide bonds. The molecule has 0 heterocycles. The average molecular weight is 176 g/mol. The Kier molecular flexibility index (Phi) is 6.12. The van der Waals surface area contributed by atoms with Crippen LogP contribution in [0.25, 0.3) is 0 Å². The Bertz CT molecular complexity index is 76.9. The molecule has 0 rings (SSSR count). The predicted octanol–water partition coefficient (Wildman–Crippen LogP) is 3.65. The van der Waals surface area contributed by atoms with Gasteiger partial charge < -0.3 is 0 Å². The molecule has 0 radical (unpaired) electrons. The van der Waals surface area contributed by atoms with E-state index < -0.39 is 0 Å². The van der Waals surface area contributed by atoms with E-state index in [2.05, 4.69) is 26.4 Å². The van der Waals surface area contributed by atoms with E-state index in [1.807, 2.05) is 0 Å². The van der Waals surface area contributed by atoms with Crippen LogP contribution in [-0.2, 0) is 0 Å². The zero-order valence-electron chi connectivity index (χ0n) is 8.65. The lowest BCUT2D eigenvalue weighted by molar-refractivity contribution is 0.871. The van der Waals surface area contributed by atoms with Crippen molar-refractivity contribution in [2.45, 2.75) is 39.5 Å². The third-order valence-electron chi connectivity index (χ3n) is 2.10. The molecule has 1 heteroatoms. The molecular formula is C10H24S. The third kappa shape index (κ3) is 6.74. The lowest BCUT2D eigenvalue weighted by atomic mass is 10.4. The van der Waals surface area contributed by atoms with Crippen LogP contribution in [0.2, 0.25) is 0 Å². The van der Waals surface area contributed by atoms with Gasteiger partial charge in [-0.05, 0) is 36.9 Å². The van der Waals surface area contributed by atoms with E-state index in [0.29, 0.717) is 0 Å². The minimum atomic E-state index is -0.206. The molecule has 0 aliphatic heterocycles. The van der Waals surface area contributed by atoms with Crippen LogP contribution in [0.4, 0.5) is 0 Å². The average Bonchev–Trinajstić information content (AvgIpc) is 1.97. The monoisotopic (exact) mass is 176 g/mol. The second-order valence-corrected chi connectivity index (χ2v) is 8.23. The molecule has 0 aliphatic carbocycles. The second kappa shape index (κ2) is 5.93. The maximum atomic E-state index is 2.48. The van der Waals surface area contributed by atoms with Crippen molar-refractivity contribution in [2.75, 3.05) is 24.0 Å². The number of rotatable bonds is 6. The van der Waals surface area contributed by atoms with Crippen LogP contribution < -0.4 is 0 Å². The van der Waals surface area contributed by atoms with Crippen LogP contribution in [0, 0.1) is 0 Å². The standard InChI is InChI=1S/C10H24S/c1-5-7-9-11(3,4)10-8-6-2/h5-10H2,1-4H3. The molecule has 0 bridgehead atoms. The van der Waals surface area contributed by atoms with Crippen molar-refractivity contribution >= 4 is 10.0 Å². The lowest BCUT2D eigenvalue weighted by Gasteiger charge is -2.30. The first-order chi connectivity index (χ1) is 5.12. The molecule has 11 heavy (non-hydrogen) atoms. The van der Waals surface area contributed by atoms with Gasteiger partial charge in [0.2, 0.25) is 0 Å². The fourth-order valence-electron chi connectivity index (χ4n) is 1.17. The van der Waals surface area contributed by atoms with E-state index in [1.165, 1.54) is 37.2 Å². The summed E-state index contributed by atoms with van der Waals surface area (Å²) in [6, 6.07) is 0. The van der Waals surface area contributed by atoms with Gasteiger partial charge in [-0.1, -0.05) is 26.7 Å². The number of unbranched alkanes of at least 4 members (excludes halogenated alkanes) is 2. The zero-order chi connectivity index (χ0) is 8.74. The SMILES string of the molecule is CCCCS(C)(C)CCCC.